The monoisotopic (exact) mass is 292 g/mol. The largest absolute Gasteiger partial charge is 0.426 e. The molecule has 0 radical (unpaired) electrons. The Morgan fingerprint density at radius 1 is 1.24 bits per heavy atom. The van der Waals surface area contributed by atoms with Crippen LogP contribution >= 0.6 is 0 Å². The van der Waals surface area contributed by atoms with Crippen LogP contribution in [0, 0.1) is 0 Å². The summed E-state index contributed by atoms with van der Waals surface area (Å²) in [5.41, 5.74) is 0.871. The number of nitrogens with one attached hydrogen (secondary N) is 1. The van der Waals surface area contributed by atoms with Gasteiger partial charge in [-0.3, -0.25) is 9.59 Å². The molecule has 0 aliphatic carbocycles. The van der Waals surface area contributed by atoms with Gasteiger partial charge in [0.05, 0.1) is 0 Å². The second-order valence-electron chi connectivity index (χ2n) is 5.21. The number of hydrogen-bond donors (Lipinski definition) is 1. The van der Waals surface area contributed by atoms with Crippen molar-refractivity contribution in [2.45, 2.75) is 26.2 Å². The second kappa shape index (κ2) is 9.13. The van der Waals surface area contributed by atoms with E-state index < -0.39 is 0 Å². The lowest BCUT2D eigenvalue weighted by Gasteiger charge is -2.11. The van der Waals surface area contributed by atoms with Crippen molar-refractivity contribution < 1.29 is 14.3 Å². The van der Waals surface area contributed by atoms with E-state index in [-0.39, 0.29) is 11.9 Å². The zero-order valence-corrected chi connectivity index (χ0v) is 13.0. The fraction of sp³-hybridized carbons (Fsp3) is 0.500. The molecule has 1 amide bonds. The first kappa shape index (κ1) is 17.2. The maximum Gasteiger partial charge on any atom is 0.308 e. The van der Waals surface area contributed by atoms with E-state index in [0.717, 1.165) is 18.5 Å². The van der Waals surface area contributed by atoms with Crippen molar-refractivity contribution in [1.82, 2.24) is 10.2 Å². The summed E-state index contributed by atoms with van der Waals surface area (Å²) in [6, 6.07) is 7.30. The molecule has 116 valence electrons. The highest BCUT2D eigenvalue weighted by molar-refractivity contribution is 5.76. The number of carbonyl (C=O) groups is 2. The van der Waals surface area contributed by atoms with Crippen LogP contribution in [-0.4, -0.2) is 44.0 Å². The highest BCUT2D eigenvalue weighted by Crippen LogP contribution is 2.19. The summed E-state index contributed by atoms with van der Waals surface area (Å²) in [6.45, 7) is 3.01. The van der Waals surface area contributed by atoms with Crippen molar-refractivity contribution >= 4 is 11.9 Å². The molecule has 0 aliphatic heterocycles. The number of ether oxygens (including phenoxy) is 1. The first-order chi connectivity index (χ1) is 9.99. The Balaban J connectivity index is 2.37. The molecule has 5 nitrogen and oxygen atoms in total. The number of amides is 1. The lowest BCUT2D eigenvalue weighted by atomic mass is 10.1. The highest BCUT2D eigenvalue weighted by atomic mass is 16.5. The zero-order valence-electron chi connectivity index (χ0n) is 13.0. The number of rotatable bonds is 8. The van der Waals surface area contributed by atoms with Crippen LogP contribution in [0.4, 0.5) is 0 Å². The average Bonchev–Trinajstić information content (AvgIpc) is 2.42. The number of nitrogens with zero attached hydrogens (tertiary/aromatic N) is 1. The molecule has 0 heterocycles. The van der Waals surface area contributed by atoms with Crippen molar-refractivity contribution in [3.05, 3.63) is 29.8 Å². The average molecular weight is 292 g/mol. The predicted molar refractivity (Wildman–Crippen MR) is 82.3 cm³/mol. The fourth-order valence-corrected chi connectivity index (χ4v) is 1.92. The predicted octanol–water partition coefficient (Wildman–Crippen LogP) is 1.61. The summed E-state index contributed by atoms with van der Waals surface area (Å²) >= 11 is 0. The van der Waals surface area contributed by atoms with Crippen LogP contribution in [0.3, 0.4) is 0 Å². The topological polar surface area (TPSA) is 58.6 Å². The Morgan fingerprint density at radius 3 is 2.62 bits per heavy atom. The van der Waals surface area contributed by atoms with E-state index in [1.807, 2.05) is 32.3 Å². The van der Waals surface area contributed by atoms with Gasteiger partial charge >= 0.3 is 5.97 Å². The van der Waals surface area contributed by atoms with Crippen molar-refractivity contribution in [3.63, 3.8) is 0 Å². The molecule has 0 aliphatic rings. The minimum atomic E-state index is -0.351. The number of hydrogen-bond acceptors (Lipinski definition) is 4. The minimum absolute atomic E-state index is 0.0198. The van der Waals surface area contributed by atoms with Crippen LogP contribution in [0.2, 0.25) is 0 Å². The number of carbonyl (C=O) groups excluding carboxylic acids is 2. The van der Waals surface area contributed by atoms with Gasteiger partial charge in [0.1, 0.15) is 5.75 Å². The van der Waals surface area contributed by atoms with Crippen LogP contribution in [0.1, 0.15) is 25.3 Å². The first-order valence-corrected chi connectivity index (χ1v) is 7.17. The minimum Gasteiger partial charge on any atom is -0.426 e. The molecule has 1 aromatic carbocycles. The molecule has 0 saturated carbocycles. The number of para-hydroxylation sites is 1. The Bertz CT molecular complexity index is 472. The summed E-state index contributed by atoms with van der Waals surface area (Å²) in [5.74, 6) is 0.201. The van der Waals surface area contributed by atoms with E-state index in [1.165, 1.54) is 6.92 Å². The third-order valence-corrected chi connectivity index (χ3v) is 2.95. The van der Waals surface area contributed by atoms with Gasteiger partial charge in [-0.25, -0.2) is 0 Å². The molecule has 0 saturated heterocycles. The first-order valence-electron chi connectivity index (χ1n) is 7.17. The summed E-state index contributed by atoms with van der Waals surface area (Å²) in [6.07, 6.45) is 1.88. The van der Waals surface area contributed by atoms with Gasteiger partial charge in [-0.15, -0.1) is 0 Å². The smallest absolute Gasteiger partial charge is 0.308 e. The van der Waals surface area contributed by atoms with Crippen LogP contribution in [0.15, 0.2) is 24.3 Å². The molecular formula is C16H24N2O3. The number of aryl methyl sites for hydroxylation is 1. The Morgan fingerprint density at radius 2 is 1.95 bits per heavy atom. The van der Waals surface area contributed by atoms with Gasteiger partial charge in [-0.1, -0.05) is 18.2 Å². The van der Waals surface area contributed by atoms with Gasteiger partial charge in [-0.05, 0) is 45.1 Å². The summed E-state index contributed by atoms with van der Waals surface area (Å²) in [4.78, 5) is 24.9. The van der Waals surface area contributed by atoms with E-state index in [9.17, 15) is 9.59 Å². The number of esters is 1. The molecule has 1 N–H and O–H groups in total. The zero-order chi connectivity index (χ0) is 15.7. The summed E-state index contributed by atoms with van der Waals surface area (Å²) in [7, 11) is 4.02. The molecule has 0 atom stereocenters. The van der Waals surface area contributed by atoms with E-state index in [0.29, 0.717) is 25.1 Å². The number of benzene rings is 1. The SMILES string of the molecule is CC(=O)Oc1ccccc1CCC(=O)NCCCN(C)C. The Hall–Kier alpha value is -1.88. The molecule has 21 heavy (non-hydrogen) atoms. The van der Waals surface area contributed by atoms with Gasteiger partial charge in [0.15, 0.2) is 0 Å². The van der Waals surface area contributed by atoms with E-state index in [2.05, 4.69) is 10.2 Å². The summed E-state index contributed by atoms with van der Waals surface area (Å²) < 4.78 is 5.13. The maximum atomic E-state index is 11.8. The van der Waals surface area contributed by atoms with Crippen LogP contribution in [0.5, 0.6) is 5.75 Å². The lowest BCUT2D eigenvalue weighted by molar-refractivity contribution is -0.131. The van der Waals surface area contributed by atoms with Crippen LogP contribution in [-0.2, 0) is 16.0 Å². The van der Waals surface area contributed by atoms with Gasteiger partial charge in [0.25, 0.3) is 0 Å². The van der Waals surface area contributed by atoms with Crippen LogP contribution < -0.4 is 10.1 Å². The Labute approximate surface area is 126 Å². The van der Waals surface area contributed by atoms with E-state index >= 15 is 0 Å². The lowest BCUT2D eigenvalue weighted by Crippen LogP contribution is -2.27. The maximum absolute atomic E-state index is 11.8. The van der Waals surface area contributed by atoms with Gasteiger partial charge in [-0.2, -0.15) is 0 Å². The van der Waals surface area contributed by atoms with Crippen LogP contribution in [0.25, 0.3) is 0 Å². The molecule has 0 unspecified atom stereocenters. The van der Waals surface area contributed by atoms with Gasteiger partial charge < -0.3 is 15.0 Å². The van der Waals surface area contributed by atoms with E-state index in [1.54, 1.807) is 6.07 Å². The van der Waals surface area contributed by atoms with Crippen molar-refractivity contribution in [2.24, 2.45) is 0 Å². The summed E-state index contributed by atoms with van der Waals surface area (Å²) in [5, 5.41) is 2.90. The molecular weight excluding hydrogens is 268 g/mol. The third kappa shape index (κ3) is 7.46. The van der Waals surface area contributed by atoms with Crippen molar-refractivity contribution in [3.8, 4) is 5.75 Å². The van der Waals surface area contributed by atoms with Crippen molar-refractivity contribution in [1.29, 1.82) is 0 Å². The molecule has 0 bridgehead atoms. The molecule has 5 heteroatoms. The third-order valence-electron chi connectivity index (χ3n) is 2.95. The highest BCUT2D eigenvalue weighted by Gasteiger charge is 2.08. The second-order valence-corrected chi connectivity index (χ2v) is 5.21. The standard InChI is InChI=1S/C16H24N2O3/c1-13(19)21-15-8-5-4-7-14(15)9-10-16(20)17-11-6-12-18(2)3/h4-5,7-8H,6,9-12H2,1-3H3,(H,17,20). The Kier molecular flexibility index (Phi) is 7.46. The fourth-order valence-electron chi connectivity index (χ4n) is 1.92. The molecule has 1 rings (SSSR count). The quantitative estimate of drug-likeness (QED) is 0.449. The van der Waals surface area contributed by atoms with Gasteiger partial charge in [0.2, 0.25) is 5.91 Å². The molecule has 0 aromatic heterocycles. The van der Waals surface area contributed by atoms with Gasteiger partial charge in [0, 0.05) is 19.9 Å². The molecule has 0 spiro atoms. The normalized spacial score (nSPS) is 10.5. The van der Waals surface area contributed by atoms with Crippen molar-refractivity contribution in [2.75, 3.05) is 27.2 Å². The molecule has 1 aromatic rings. The molecule has 0 fully saturated rings. The van der Waals surface area contributed by atoms with E-state index in [4.69, 9.17) is 4.74 Å².